The summed E-state index contributed by atoms with van der Waals surface area (Å²) < 4.78 is 0. The first-order valence-electron chi connectivity index (χ1n) is 4.44. The second-order valence-corrected chi connectivity index (χ2v) is 4.42. The Bertz CT molecular complexity index is 284. The minimum atomic E-state index is 0.636. The maximum Gasteiger partial charge on any atom is 0.119 e. The predicted octanol–water partition coefficient (Wildman–Crippen LogP) is 1.12. The third kappa shape index (κ3) is 2.14. The summed E-state index contributed by atoms with van der Waals surface area (Å²) in [4.78, 5) is 4.25. The third-order valence-corrected chi connectivity index (χ3v) is 3.39. The van der Waals surface area contributed by atoms with E-state index in [0.29, 0.717) is 5.25 Å². The molecule has 1 fully saturated rings. The van der Waals surface area contributed by atoms with Crippen molar-refractivity contribution in [3.63, 3.8) is 0 Å². The van der Waals surface area contributed by atoms with Crippen molar-refractivity contribution < 1.29 is 0 Å². The molecule has 3 nitrogen and oxygen atoms in total. The van der Waals surface area contributed by atoms with Crippen LogP contribution in [-0.4, -0.2) is 23.3 Å². The van der Waals surface area contributed by atoms with Gasteiger partial charge in [0.2, 0.25) is 0 Å². The molecule has 0 radical (unpaired) electrons. The zero-order valence-corrected chi connectivity index (χ0v) is 8.18. The summed E-state index contributed by atoms with van der Waals surface area (Å²) in [7, 11) is 0. The summed E-state index contributed by atoms with van der Waals surface area (Å²) in [6.07, 6.45) is 3.00. The first-order valence-corrected chi connectivity index (χ1v) is 5.32. The standard InChI is InChI=1S/C9H13N3S/c10-8-2-1-4-12-9(8)13-7-3-5-11-6-7/h1-2,4,7,11H,3,5-6,10H2. The number of aromatic nitrogens is 1. The largest absolute Gasteiger partial charge is 0.397 e. The number of rotatable bonds is 2. The van der Waals surface area contributed by atoms with Crippen LogP contribution in [0, 0.1) is 0 Å². The van der Waals surface area contributed by atoms with Gasteiger partial charge in [-0.3, -0.25) is 0 Å². The van der Waals surface area contributed by atoms with Crippen LogP contribution in [0.5, 0.6) is 0 Å². The minimum Gasteiger partial charge on any atom is -0.397 e. The normalized spacial score (nSPS) is 22.0. The summed E-state index contributed by atoms with van der Waals surface area (Å²) in [5.41, 5.74) is 6.59. The van der Waals surface area contributed by atoms with Crippen molar-refractivity contribution in [3.8, 4) is 0 Å². The van der Waals surface area contributed by atoms with E-state index in [9.17, 15) is 0 Å². The Kier molecular flexibility index (Phi) is 2.71. The van der Waals surface area contributed by atoms with Crippen LogP contribution in [0.3, 0.4) is 0 Å². The first kappa shape index (κ1) is 8.84. The molecule has 70 valence electrons. The third-order valence-electron chi connectivity index (χ3n) is 2.09. The van der Waals surface area contributed by atoms with Gasteiger partial charge >= 0.3 is 0 Å². The fourth-order valence-electron chi connectivity index (χ4n) is 1.39. The van der Waals surface area contributed by atoms with Crippen LogP contribution in [0.2, 0.25) is 0 Å². The van der Waals surface area contributed by atoms with Gasteiger partial charge in [-0.2, -0.15) is 0 Å². The van der Waals surface area contributed by atoms with Crippen LogP contribution in [0.15, 0.2) is 23.4 Å². The zero-order chi connectivity index (χ0) is 9.10. The van der Waals surface area contributed by atoms with E-state index in [-0.39, 0.29) is 0 Å². The van der Waals surface area contributed by atoms with E-state index in [1.807, 2.05) is 12.1 Å². The van der Waals surface area contributed by atoms with Crippen LogP contribution < -0.4 is 11.1 Å². The molecule has 1 saturated heterocycles. The highest BCUT2D eigenvalue weighted by Crippen LogP contribution is 2.28. The van der Waals surface area contributed by atoms with Gasteiger partial charge in [0.15, 0.2) is 0 Å². The highest BCUT2D eigenvalue weighted by atomic mass is 32.2. The molecule has 0 amide bonds. The molecule has 4 heteroatoms. The summed E-state index contributed by atoms with van der Waals surface area (Å²) >= 11 is 1.78. The number of thioether (sulfide) groups is 1. The van der Waals surface area contributed by atoms with Gasteiger partial charge in [0.1, 0.15) is 5.03 Å². The number of nitrogens with two attached hydrogens (primary N) is 1. The van der Waals surface area contributed by atoms with Crippen molar-refractivity contribution in [1.29, 1.82) is 0 Å². The van der Waals surface area contributed by atoms with Gasteiger partial charge in [0.05, 0.1) is 5.69 Å². The lowest BCUT2D eigenvalue weighted by Crippen LogP contribution is -2.10. The first-order chi connectivity index (χ1) is 6.36. The molecule has 1 atom stereocenters. The molecule has 1 aliphatic heterocycles. The van der Waals surface area contributed by atoms with E-state index in [0.717, 1.165) is 23.8 Å². The molecule has 0 aliphatic carbocycles. The van der Waals surface area contributed by atoms with Gasteiger partial charge in [-0.25, -0.2) is 4.98 Å². The maximum atomic E-state index is 5.79. The Balaban J connectivity index is 2.04. The lowest BCUT2D eigenvalue weighted by molar-refractivity contribution is 0.858. The Morgan fingerprint density at radius 1 is 1.62 bits per heavy atom. The topological polar surface area (TPSA) is 50.9 Å². The lowest BCUT2D eigenvalue weighted by Gasteiger charge is -2.08. The van der Waals surface area contributed by atoms with Crippen molar-refractivity contribution >= 4 is 17.4 Å². The number of nitrogens with zero attached hydrogens (tertiary/aromatic N) is 1. The highest BCUT2D eigenvalue weighted by molar-refractivity contribution is 8.00. The predicted molar refractivity (Wildman–Crippen MR) is 55.8 cm³/mol. The van der Waals surface area contributed by atoms with Crippen LogP contribution >= 0.6 is 11.8 Å². The molecule has 0 bridgehead atoms. The van der Waals surface area contributed by atoms with Gasteiger partial charge in [0, 0.05) is 18.0 Å². The fraction of sp³-hybridized carbons (Fsp3) is 0.444. The monoisotopic (exact) mass is 195 g/mol. The molecule has 2 rings (SSSR count). The summed E-state index contributed by atoms with van der Waals surface area (Å²) in [6.45, 7) is 2.19. The number of anilines is 1. The maximum absolute atomic E-state index is 5.79. The average Bonchev–Trinajstić information content (AvgIpc) is 2.61. The quantitative estimate of drug-likeness (QED) is 0.742. The molecule has 3 N–H and O–H groups in total. The van der Waals surface area contributed by atoms with Gasteiger partial charge in [-0.05, 0) is 25.1 Å². The summed E-state index contributed by atoms with van der Waals surface area (Å²) in [6, 6.07) is 3.77. The lowest BCUT2D eigenvalue weighted by atomic mass is 10.4. The average molecular weight is 195 g/mol. The fourth-order valence-corrected chi connectivity index (χ4v) is 2.47. The molecule has 0 aromatic carbocycles. The van der Waals surface area contributed by atoms with E-state index in [4.69, 9.17) is 5.73 Å². The minimum absolute atomic E-state index is 0.636. The van der Waals surface area contributed by atoms with Crippen LogP contribution in [0.1, 0.15) is 6.42 Å². The van der Waals surface area contributed by atoms with E-state index in [1.54, 1.807) is 18.0 Å². The zero-order valence-electron chi connectivity index (χ0n) is 7.36. The molecule has 1 aromatic rings. The van der Waals surface area contributed by atoms with Crippen molar-refractivity contribution in [2.24, 2.45) is 0 Å². The van der Waals surface area contributed by atoms with E-state index in [2.05, 4.69) is 10.3 Å². The number of hydrogen-bond donors (Lipinski definition) is 2. The number of hydrogen-bond acceptors (Lipinski definition) is 4. The van der Waals surface area contributed by atoms with Gasteiger partial charge < -0.3 is 11.1 Å². The summed E-state index contributed by atoms with van der Waals surface area (Å²) in [5, 5.41) is 4.93. The van der Waals surface area contributed by atoms with Crippen LogP contribution in [0.4, 0.5) is 5.69 Å². The number of nitrogens with one attached hydrogen (secondary N) is 1. The molecule has 1 unspecified atom stereocenters. The van der Waals surface area contributed by atoms with Crippen LogP contribution in [-0.2, 0) is 0 Å². The van der Waals surface area contributed by atoms with Crippen LogP contribution in [0.25, 0.3) is 0 Å². The van der Waals surface area contributed by atoms with E-state index >= 15 is 0 Å². The molecule has 0 spiro atoms. The molecule has 13 heavy (non-hydrogen) atoms. The van der Waals surface area contributed by atoms with Gasteiger partial charge in [0.25, 0.3) is 0 Å². The molecule has 1 aromatic heterocycles. The Hall–Kier alpha value is -0.740. The summed E-state index contributed by atoms with van der Waals surface area (Å²) in [5.74, 6) is 0. The van der Waals surface area contributed by atoms with E-state index < -0.39 is 0 Å². The second-order valence-electron chi connectivity index (χ2n) is 3.13. The van der Waals surface area contributed by atoms with Gasteiger partial charge in [-0.15, -0.1) is 0 Å². The number of nitrogen functional groups attached to an aromatic ring is 1. The van der Waals surface area contributed by atoms with E-state index in [1.165, 1.54) is 6.42 Å². The van der Waals surface area contributed by atoms with Crippen molar-refractivity contribution in [3.05, 3.63) is 18.3 Å². The Morgan fingerprint density at radius 3 is 3.23 bits per heavy atom. The molecular formula is C9H13N3S. The molecule has 1 aliphatic rings. The highest BCUT2D eigenvalue weighted by Gasteiger charge is 2.16. The molecule has 2 heterocycles. The molecular weight excluding hydrogens is 182 g/mol. The Morgan fingerprint density at radius 2 is 2.54 bits per heavy atom. The SMILES string of the molecule is Nc1cccnc1SC1CCNC1. The van der Waals surface area contributed by atoms with Gasteiger partial charge in [-0.1, -0.05) is 11.8 Å². The molecule has 0 saturated carbocycles. The number of pyridine rings is 1. The smallest absolute Gasteiger partial charge is 0.119 e. The second kappa shape index (κ2) is 3.98. The van der Waals surface area contributed by atoms with Crippen molar-refractivity contribution in [2.75, 3.05) is 18.8 Å². The van der Waals surface area contributed by atoms with Crippen molar-refractivity contribution in [2.45, 2.75) is 16.7 Å². The Labute approximate surface area is 82.1 Å². The van der Waals surface area contributed by atoms with Crippen molar-refractivity contribution in [1.82, 2.24) is 10.3 Å².